The van der Waals surface area contributed by atoms with Crippen LogP contribution in [0.25, 0.3) is 22.3 Å². The third-order valence-electron chi connectivity index (χ3n) is 4.34. The lowest BCUT2D eigenvalue weighted by Crippen LogP contribution is -2.18. The molecule has 26 heavy (non-hydrogen) atoms. The average Bonchev–Trinajstić information content (AvgIpc) is 3.14. The Balaban J connectivity index is 1.88. The topological polar surface area (TPSA) is 49.2 Å². The van der Waals surface area contributed by atoms with Crippen molar-refractivity contribution in [1.29, 1.82) is 0 Å². The summed E-state index contributed by atoms with van der Waals surface area (Å²) in [7, 11) is 2.04. The summed E-state index contributed by atoms with van der Waals surface area (Å²) in [5.74, 6) is 1.58. The third-order valence-corrected chi connectivity index (χ3v) is 5.07. The van der Waals surface area contributed by atoms with E-state index in [1.807, 2.05) is 19.2 Å². The Morgan fingerprint density at radius 1 is 1.08 bits per heavy atom. The highest BCUT2D eigenvalue weighted by Gasteiger charge is 2.15. The summed E-state index contributed by atoms with van der Waals surface area (Å²) in [4.78, 5) is 11.6. The Kier molecular flexibility index (Phi) is 4.31. The van der Waals surface area contributed by atoms with E-state index in [4.69, 9.17) is 9.97 Å². The number of anilines is 1. The number of benzene rings is 2. The number of nitrogens with zero attached hydrogens (tertiary/aromatic N) is 3. The summed E-state index contributed by atoms with van der Waals surface area (Å²) < 4.78 is 0. The molecule has 130 valence electrons. The molecular formula is C21H19N3OS. The van der Waals surface area contributed by atoms with Crippen LogP contribution in [0.15, 0.2) is 59.3 Å². The van der Waals surface area contributed by atoms with Gasteiger partial charge in [0, 0.05) is 19.0 Å². The van der Waals surface area contributed by atoms with Gasteiger partial charge in [0.25, 0.3) is 0 Å². The zero-order valence-electron chi connectivity index (χ0n) is 14.7. The van der Waals surface area contributed by atoms with Gasteiger partial charge in [0.05, 0.1) is 11.1 Å². The molecule has 0 atom stereocenters. The van der Waals surface area contributed by atoms with Crippen molar-refractivity contribution < 1.29 is 5.11 Å². The van der Waals surface area contributed by atoms with Crippen LogP contribution in [-0.2, 0) is 6.54 Å². The first-order valence-electron chi connectivity index (χ1n) is 8.41. The number of hydrogen-bond donors (Lipinski definition) is 1. The Labute approximate surface area is 156 Å². The second-order valence-electron chi connectivity index (χ2n) is 6.40. The van der Waals surface area contributed by atoms with Crippen LogP contribution in [0.1, 0.15) is 11.1 Å². The van der Waals surface area contributed by atoms with Crippen LogP contribution in [0.3, 0.4) is 0 Å². The van der Waals surface area contributed by atoms with Crippen LogP contribution in [0, 0.1) is 6.92 Å². The standard InChI is InChI=1S/C21H19N3OS/c1-14-7-8-16-18(11-14)22-20(17-5-3-4-6-19(17)25)23-21(16)24(2)12-15-9-10-26-13-15/h3-11,13,25H,12H2,1-2H3. The van der Waals surface area contributed by atoms with Gasteiger partial charge in [0.1, 0.15) is 11.6 Å². The van der Waals surface area contributed by atoms with Crippen LogP contribution >= 0.6 is 11.3 Å². The van der Waals surface area contributed by atoms with E-state index >= 15 is 0 Å². The minimum Gasteiger partial charge on any atom is -0.507 e. The van der Waals surface area contributed by atoms with Crippen molar-refractivity contribution >= 4 is 28.1 Å². The first-order chi connectivity index (χ1) is 12.6. The summed E-state index contributed by atoms with van der Waals surface area (Å²) in [6, 6.07) is 15.5. The fourth-order valence-corrected chi connectivity index (χ4v) is 3.69. The normalized spacial score (nSPS) is 11.0. The molecule has 0 radical (unpaired) electrons. The minimum atomic E-state index is 0.186. The number of para-hydroxylation sites is 1. The Hall–Kier alpha value is -2.92. The van der Waals surface area contributed by atoms with Crippen molar-refractivity contribution in [3.05, 3.63) is 70.4 Å². The fourth-order valence-electron chi connectivity index (χ4n) is 3.03. The molecule has 4 nitrogen and oxygen atoms in total. The smallest absolute Gasteiger partial charge is 0.165 e. The molecule has 0 amide bonds. The first-order valence-corrected chi connectivity index (χ1v) is 9.35. The van der Waals surface area contributed by atoms with Gasteiger partial charge in [-0.1, -0.05) is 18.2 Å². The van der Waals surface area contributed by atoms with Gasteiger partial charge in [-0.3, -0.25) is 0 Å². The van der Waals surface area contributed by atoms with Gasteiger partial charge in [-0.05, 0) is 59.1 Å². The summed E-state index contributed by atoms with van der Waals surface area (Å²) >= 11 is 1.69. The molecule has 0 unspecified atom stereocenters. The number of hydrogen-bond acceptors (Lipinski definition) is 5. The molecule has 0 aliphatic heterocycles. The minimum absolute atomic E-state index is 0.186. The molecule has 0 bridgehead atoms. The Bertz CT molecular complexity index is 1060. The molecule has 1 N–H and O–H groups in total. The quantitative estimate of drug-likeness (QED) is 0.555. The molecule has 5 heteroatoms. The molecule has 2 heterocycles. The van der Waals surface area contributed by atoms with Crippen LogP contribution in [0.4, 0.5) is 5.82 Å². The zero-order chi connectivity index (χ0) is 18.1. The summed E-state index contributed by atoms with van der Waals surface area (Å²) in [6.07, 6.45) is 0. The van der Waals surface area contributed by atoms with Gasteiger partial charge in [-0.2, -0.15) is 11.3 Å². The van der Waals surface area contributed by atoms with Gasteiger partial charge < -0.3 is 10.0 Å². The van der Waals surface area contributed by atoms with E-state index in [-0.39, 0.29) is 5.75 Å². The van der Waals surface area contributed by atoms with Crippen LogP contribution in [-0.4, -0.2) is 22.1 Å². The summed E-state index contributed by atoms with van der Waals surface area (Å²) in [6.45, 7) is 2.82. The van der Waals surface area contributed by atoms with Gasteiger partial charge in [-0.25, -0.2) is 9.97 Å². The van der Waals surface area contributed by atoms with Gasteiger partial charge in [0.15, 0.2) is 5.82 Å². The van der Waals surface area contributed by atoms with Crippen LogP contribution in [0.2, 0.25) is 0 Å². The van der Waals surface area contributed by atoms with Crippen molar-refractivity contribution in [2.45, 2.75) is 13.5 Å². The van der Waals surface area contributed by atoms with Crippen molar-refractivity contribution in [3.8, 4) is 17.1 Å². The van der Waals surface area contributed by atoms with Crippen molar-refractivity contribution in [2.75, 3.05) is 11.9 Å². The molecule has 0 saturated heterocycles. The maximum Gasteiger partial charge on any atom is 0.165 e. The van der Waals surface area contributed by atoms with Crippen molar-refractivity contribution in [3.63, 3.8) is 0 Å². The number of aryl methyl sites for hydroxylation is 1. The van der Waals surface area contributed by atoms with E-state index in [1.165, 1.54) is 5.56 Å². The molecule has 2 aromatic carbocycles. The van der Waals surface area contributed by atoms with E-state index in [1.54, 1.807) is 23.5 Å². The molecule has 2 aromatic heterocycles. The summed E-state index contributed by atoms with van der Waals surface area (Å²) in [5, 5.41) is 15.5. The number of rotatable bonds is 4. The molecule has 0 fully saturated rings. The highest BCUT2D eigenvalue weighted by Crippen LogP contribution is 2.32. The number of aromatic nitrogens is 2. The largest absolute Gasteiger partial charge is 0.507 e. The Morgan fingerprint density at radius 3 is 2.69 bits per heavy atom. The van der Waals surface area contributed by atoms with Crippen molar-refractivity contribution in [1.82, 2.24) is 9.97 Å². The van der Waals surface area contributed by atoms with E-state index < -0.39 is 0 Å². The lowest BCUT2D eigenvalue weighted by Gasteiger charge is -2.20. The van der Waals surface area contributed by atoms with E-state index in [9.17, 15) is 5.11 Å². The van der Waals surface area contributed by atoms with E-state index in [2.05, 4.69) is 46.8 Å². The molecule has 0 aliphatic carbocycles. The number of phenols is 1. The second-order valence-corrected chi connectivity index (χ2v) is 7.18. The Morgan fingerprint density at radius 2 is 1.92 bits per heavy atom. The fraction of sp³-hybridized carbons (Fsp3) is 0.143. The van der Waals surface area contributed by atoms with Crippen LogP contribution < -0.4 is 4.90 Å². The van der Waals surface area contributed by atoms with Crippen LogP contribution in [0.5, 0.6) is 5.75 Å². The molecule has 0 saturated carbocycles. The predicted octanol–water partition coefficient (Wildman–Crippen LogP) is 5.01. The predicted molar refractivity (Wildman–Crippen MR) is 108 cm³/mol. The number of aromatic hydroxyl groups is 1. The lowest BCUT2D eigenvalue weighted by atomic mass is 10.1. The zero-order valence-corrected chi connectivity index (χ0v) is 15.5. The molecule has 0 spiro atoms. The number of thiophene rings is 1. The highest BCUT2D eigenvalue weighted by molar-refractivity contribution is 7.07. The molecule has 4 rings (SSSR count). The second kappa shape index (κ2) is 6.77. The van der Waals surface area contributed by atoms with Crippen molar-refractivity contribution in [2.24, 2.45) is 0 Å². The maximum absolute atomic E-state index is 10.2. The monoisotopic (exact) mass is 361 g/mol. The molecular weight excluding hydrogens is 342 g/mol. The van der Waals surface area contributed by atoms with Gasteiger partial charge >= 0.3 is 0 Å². The maximum atomic E-state index is 10.2. The number of phenolic OH excluding ortho intramolecular Hbond substituents is 1. The van der Waals surface area contributed by atoms with Gasteiger partial charge in [0.2, 0.25) is 0 Å². The average molecular weight is 361 g/mol. The third kappa shape index (κ3) is 3.13. The van der Waals surface area contributed by atoms with Gasteiger partial charge in [-0.15, -0.1) is 0 Å². The summed E-state index contributed by atoms with van der Waals surface area (Å²) in [5.41, 5.74) is 3.91. The molecule has 0 aliphatic rings. The van der Waals surface area contributed by atoms with E-state index in [0.717, 1.165) is 28.8 Å². The highest BCUT2D eigenvalue weighted by atomic mass is 32.1. The van der Waals surface area contributed by atoms with E-state index in [0.29, 0.717) is 11.4 Å². The SMILES string of the molecule is Cc1ccc2c(N(C)Cc3ccsc3)nc(-c3ccccc3O)nc2c1. The number of fused-ring (bicyclic) bond motifs is 1. The molecule has 4 aromatic rings. The lowest BCUT2D eigenvalue weighted by molar-refractivity contribution is 0.477. The first kappa shape index (κ1) is 16.5.